The molecule has 2 unspecified atom stereocenters. The number of aliphatic carboxylic acids is 1. The zero-order valence-corrected chi connectivity index (χ0v) is 8.06. The summed E-state index contributed by atoms with van der Waals surface area (Å²) < 4.78 is 44.3. The molecule has 0 spiro atoms. The van der Waals surface area contributed by atoms with Crippen LogP contribution >= 0.6 is 0 Å². The molecular formula is C6H4F3N2O6-. The molecule has 8 nitrogen and oxygen atoms in total. The number of nitrogens with zero attached hydrogens (tertiary/aromatic N) is 2. The van der Waals surface area contributed by atoms with Crippen molar-refractivity contribution in [2.24, 2.45) is 0 Å². The highest BCUT2D eigenvalue weighted by Gasteiger charge is 2.56. The number of hydrogen-bond acceptors (Lipinski definition) is 7. The van der Waals surface area contributed by atoms with E-state index in [-0.39, 0.29) is 0 Å². The zero-order valence-electron chi connectivity index (χ0n) is 8.06. The van der Waals surface area contributed by atoms with E-state index in [1.807, 2.05) is 0 Å². The number of rotatable bonds is 6. The summed E-state index contributed by atoms with van der Waals surface area (Å²) >= 11 is 0. The molecule has 0 saturated carbocycles. The van der Waals surface area contributed by atoms with E-state index < -0.39 is 29.1 Å². The fourth-order valence-corrected chi connectivity index (χ4v) is 0.589. The molecule has 0 aromatic heterocycles. The van der Waals surface area contributed by atoms with Crippen LogP contribution in [0.15, 0.2) is 0 Å². The maximum absolute atomic E-state index is 12.7. The van der Waals surface area contributed by atoms with Crippen molar-refractivity contribution in [1.82, 2.24) is 0 Å². The Morgan fingerprint density at radius 1 is 1.59 bits per heavy atom. The molecule has 0 radical (unpaired) electrons. The molecule has 2 atom stereocenters. The SMILES string of the molecule is COC(F)(F)C(F)OC(C#N)(C(=O)[O-])[N+](=O)[O-]. The molecule has 0 rings (SSSR count). The van der Waals surface area contributed by atoms with Gasteiger partial charge in [-0.15, -0.1) is 0 Å². The molecule has 0 amide bonds. The molecule has 17 heavy (non-hydrogen) atoms. The monoisotopic (exact) mass is 257 g/mol. The predicted octanol–water partition coefficient (Wildman–Crippen LogP) is -1.22. The average molecular weight is 257 g/mol. The Kier molecular flexibility index (Phi) is 4.37. The van der Waals surface area contributed by atoms with Gasteiger partial charge in [0.2, 0.25) is 0 Å². The molecule has 0 fully saturated rings. The van der Waals surface area contributed by atoms with Crippen molar-refractivity contribution in [1.29, 1.82) is 5.26 Å². The van der Waals surface area contributed by atoms with Crippen LogP contribution in [0.3, 0.4) is 0 Å². The van der Waals surface area contributed by atoms with Gasteiger partial charge < -0.3 is 14.6 Å². The van der Waals surface area contributed by atoms with Gasteiger partial charge in [-0.1, -0.05) is 0 Å². The maximum Gasteiger partial charge on any atom is 0.456 e. The van der Waals surface area contributed by atoms with Gasteiger partial charge >= 0.3 is 11.8 Å². The maximum atomic E-state index is 12.7. The number of nitriles is 1. The van der Waals surface area contributed by atoms with E-state index in [9.17, 15) is 33.2 Å². The summed E-state index contributed by atoms with van der Waals surface area (Å²) in [4.78, 5) is 18.6. The van der Waals surface area contributed by atoms with Crippen LogP contribution in [0.2, 0.25) is 0 Å². The van der Waals surface area contributed by atoms with E-state index in [0.29, 0.717) is 13.2 Å². The number of carboxylic acid groups (broad SMARTS) is 1. The van der Waals surface area contributed by atoms with Crippen molar-refractivity contribution >= 4 is 5.97 Å². The second-order valence-corrected chi connectivity index (χ2v) is 2.50. The summed E-state index contributed by atoms with van der Waals surface area (Å²) in [5.41, 5.74) is -4.08. The minimum Gasteiger partial charge on any atom is -0.540 e. The highest BCUT2D eigenvalue weighted by molar-refractivity contribution is 5.76. The number of ether oxygens (including phenoxy) is 2. The van der Waals surface area contributed by atoms with Crippen molar-refractivity contribution < 1.29 is 37.5 Å². The van der Waals surface area contributed by atoms with Gasteiger partial charge in [0.25, 0.3) is 6.36 Å². The largest absolute Gasteiger partial charge is 0.540 e. The third-order valence-electron chi connectivity index (χ3n) is 1.50. The number of methoxy groups -OCH3 is 1. The van der Waals surface area contributed by atoms with Gasteiger partial charge in [-0.2, -0.15) is 14.0 Å². The molecule has 0 N–H and O–H groups in total. The van der Waals surface area contributed by atoms with E-state index in [0.717, 1.165) is 0 Å². The first-order chi connectivity index (χ1) is 7.64. The molecule has 0 aliphatic carbocycles. The fourth-order valence-electron chi connectivity index (χ4n) is 0.589. The Bertz CT molecular complexity index is 353. The Balaban J connectivity index is 5.24. The normalized spacial score (nSPS) is 16.6. The van der Waals surface area contributed by atoms with Gasteiger partial charge in [-0.05, 0) is 0 Å². The first-order valence-corrected chi connectivity index (χ1v) is 3.66. The van der Waals surface area contributed by atoms with Crippen LogP contribution in [-0.2, 0) is 14.3 Å². The summed E-state index contributed by atoms with van der Waals surface area (Å²) in [7, 11) is 0.342. The number of carboxylic acids is 1. The van der Waals surface area contributed by atoms with Crippen molar-refractivity contribution in [3.63, 3.8) is 0 Å². The first kappa shape index (κ1) is 15.1. The number of carbonyl (C=O) groups excluding carboxylic acids is 1. The van der Waals surface area contributed by atoms with Crippen LogP contribution in [0.4, 0.5) is 13.2 Å². The van der Waals surface area contributed by atoms with Crippen molar-refractivity contribution in [2.75, 3.05) is 7.11 Å². The molecule has 0 saturated heterocycles. The lowest BCUT2D eigenvalue weighted by molar-refractivity contribution is -0.617. The van der Waals surface area contributed by atoms with Gasteiger partial charge in [-0.3, -0.25) is 14.9 Å². The van der Waals surface area contributed by atoms with Crippen LogP contribution in [0.1, 0.15) is 0 Å². The van der Waals surface area contributed by atoms with Crippen LogP contribution in [0.5, 0.6) is 0 Å². The summed E-state index contributed by atoms with van der Waals surface area (Å²) in [6.07, 6.45) is -8.50. The van der Waals surface area contributed by atoms with Gasteiger partial charge in [0.1, 0.15) is 0 Å². The van der Waals surface area contributed by atoms with Gasteiger partial charge in [0.05, 0.1) is 4.92 Å². The third kappa shape index (κ3) is 2.80. The quantitative estimate of drug-likeness (QED) is 0.331. The van der Waals surface area contributed by atoms with Crippen LogP contribution < -0.4 is 5.11 Å². The molecule has 96 valence electrons. The standard InChI is InChI=1S/C6H5F3N2O6/c1-16-6(8,9)3(7)17-5(2-10,4(12)13)11(14)15/h3H,1H3,(H,12,13)/p-1. The van der Waals surface area contributed by atoms with Crippen molar-refractivity contribution in [2.45, 2.75) is 18.2 Å². The molecular weight excluding hydrogens is 253 g/mol. The number of carbonyl (C=O) groups is 1. The highest BCUT2D eigenvalue weighted by atomic mass is 19.3. The van der Waals surface area contributed by atoms with Crippen LogP contribution in [0.25, 0.3) is 0 Å². The minimum atomic E-state index is -4.66. The number of hydrogen-bond donors (Lipinski definition) is 0. The number of nitro groups is 1. The van der Waals surface area contributed by atoms with Gasteiger partial charge in [-0.25, -0.2) is 4.39 Å². The summed E-state index contributed by atoms with van der Waals surface area (Å²) in [5, 5.41) is 28.7. The predicted molar refractivity (Wildman–Crippen MR) is 38.3 cm³/mol. The minimum absolute atomic E-state index is 0.342. The summed E-state index contributed by atoms with van der Waals surface area (Å²) in [6, 6.07) is 0.429. The average Bonchev–Trinajstić information content (AvgIpc) is 2.24. The number of halogens is 3. The van der Waals surface area contributed by atoms with E-state index in [2.05, 4.69) is 9.47 Å². The van der Waals surface area contributed by atoms with Crippen molar-refractivity contribution in [3.05, 3.63) is 10.1 Å². The zero-order chi connectivity index (χ0) is 13.9. The molecule has 0 aliphatic heterocycles. The molecule has 0 bridgehead atoms. The third-order valence-corrected chi connectivity index (χ3v) is 1.50. The molecule has 0 aromatic carbocycles. The molecule has 0 heterocycles. The Labute approximate surface area is 91.3 Å². The molecule has 0 aromatic rings. The topological polar surface area (TPSA) is 126 Å². The summed E-state index contributed by atoms with van der Waals surface area (Å²) in [6.45, 7) is 0. The van der Waals surface area contributed by atoms with E-state index >= 15 is 0 Å². The fraction of sp³-hybridized carbons (Fsp3) is 0.667. The van der Waals surface area contributed by atoms with Crippen molar-refractivity contribution in [3.8, 4) is 6.07 Å². The smallest absolute Gasteiger partial charge is 0.456 e. The van der Waals surface area contributed by atoms with Gasteiger partial charge in [0.15, 0.2) is 12.0 Å². The number of alkyl halides is 3. The van der Waals surface area contributed by atoms with Crippen LogP contribution in [0, 0.1) is 21.4 Å². The van der Waals surface area contributed by atoms with E-state index in [1.54, 1.807) is 0 Å². The molecule has 11 heteroatoms. The van der Waals surface area contributed by atoms with Gasteiger partial charge in [0, 0.05) is 7.11 Å². The Hall–Kier alpha value is -1.93. The molecule has 0 aliphatic rings. The Morgan fingerprint density at radius 2 is 2.06 bits per heavy atom. The second-order valence-electron chi connectivity index (χ2n) is 2.50. The second kappa shape index (κ2) is 4.93. The first-order valence-electron chi connectivity index (χ1n) is 3.66. The highest BCUT2D eigenvalue weighted by Crippen LogP contribution is 2.27. The van der Waals surface area contributed by atoms with E-state index in [4.69, 9.17) is 5.26 Å². The lowest BCUT2D eigenvalue weighted by atomic mass is 10.2. The lowest BCUT2D eigenvalue weighted by Crippen LogP contribution is -2.58. The van der Waals surface area contributed by atoms with E-state index in [1.165, 1.54) is 0 Å². The van der Waals surface area contributed by atoms with Crippen LogP contribution in [-0.4, -0.2) is 36.2 Å². The Morgan fingerprint density at radius 3 is 2.29 bits per heavy atom. The summed E-state index contributed by atoms with van der Waals surface area (Å²) in [5.74, 6) is -2.79. The lowest BCUT2D eigenvalue weighted by Gasteiger charge is -2.24.